The van der Waals surface area contributed by atoms with E-state index >= 15 is 0 Å². The summed E-state index contributed by atoms with van der Waals surface area (Å²) in [6, 6.07) is 18.5. The number of ketones is 1. The Balaban J connectivity index is 1.10. The molecule has 9 heteroatoms. The number of aromatic nitrogens is 1. The van der Waals surface area contributed by atoms with Gasteiger partial charge in [-0.3, -0.25) is 19.3 Å². The minimum Gasteiger partial charge on any atom is -0.507 e. The Bertz CT molecular complexity index is 1970. The molecule has 6 unspecified atom stereocenters. The number of hydrogen-bond acceptors (Lipinski definition) is 7. The number of ether oxygens (including phenoxy) is 1. The van der Waals surface area contributed by atoms with Crippen LogP contribution in [0.15, 0.2) is 83.4 Å². The minimum atomic E-state index is -0.710. The van der Waals surface area contributed by atoms with Gasteiger partial charge in [-0.05, 0) is 85.0 Å². The number of carbonyl (C=O) groups excluding carboxylic acids is 4. The summed E-state index contributed by atoms with van der Waals surface area (Å²) in [6.07, 6.45) is 5.43. The van der Waals surface area contributed by atoms with Crippen molar-refractivity contribution in [3.63, 3.8) is 0 Å². The first-order valence-electron chi connectivity index (χ1n) is 15.0. The van der Waals surface area contributed by atoms with Gasteiger partial charge in [0, 0.05) is 15.4 Å². The molecule has 3 aromatic carbocycles. The molecule has 4 aliphatic carbocycles. The molecule has 1 aromatic heterocycles. The van der Waals surface area contributed by atoms with Crippen LogP contribution in [-0.4, -0.2) is 40.3 Å². The van der Waals surface area contributed by atoms with Crippen LogP contribution in [0.3, 0.4) is 0 Å². The van der Waals surface area contributed by atoms with Crippen molar-refractivity contribution in [2.24, 2.45) is 35.5 Å². The lowest BCUT2D eigenvalue weighted by Gasteiger charge is -2.37. The van der Waals surface area contributed by atoms with Gasteiger partial charge in [0.25, 0.3) is 0 Å². The number of Topliss-reactive ketones (excluding diaryl/α,β-unsaturated/α-hetero) is 1. The summed E-state index contributed by atoms with van der Waals surface area (Å²) in [6.45, 7) is 1.34. The van der Waals surface area contributed by atoms with E-state index in [1.807, 2.05) is 13.0 Å². The molecule has 2 bridgehead atoms. The molecule has 1 saturated heterocycles. The van der Waals surface area contributed by atoms with Crippen LogP contribution in [0.4, 0.5) is 5.69 Å². The predicted molar refractivity (Wildman–Crippen MR) is 170 cm³/mol. The summed E-state index contributed by atoms with van der Waals surface area (Å²) in [5, 5.41) is 10.6. The number of aryl methyl sites for hydroxylation is 1. The number of esters is 1. The number of amides is 2. The molecule has 1 N–H and O–H groups in total. The van der Waals surface area contributed by atoms with Gasteiger partial charge >= 0.3 is 5.97 Å². The lowest BCUT2D eigenvalue weighted by atomic mass is 9.63. The fourth-order valence-corrected chi connectivity index (χ4v) is 8.33. The maximum Gasteiger partial charge on any atom is 0.339 e. The van der Waals surface area contributed by atoms with Crippen LogP contribution in [0.2, 0.25) is 0 Å². The third-order valence-corrected chi connectivity index (χ3v) is 10.4. The molecule has 224 valence electrons. The van der Waals surface area contributed by atoms with Gasteiger partial charge in [0.2, 0.25) is 17.6 Å². The van der Waals surface area contributed by atoms with E-state index in [0.29, 0.717) is 39.7 Å². The van der Waals surface area contributed by atoms with Crippen molar-refractivity contribution in [1.29, 1.82) is 0 Å². The first-order valence-corrected chi connectivity index (χ1v) is 15.8. The third kappa shape index (κ3) is 4.35. The molecule has 5 aliphatic rings. The maximum absolute atomic E-state index is 13.6. The molecule has 45 heavy (non-hydrogen) atoms. The van der Waals surface area contributed by atoms with E-state index in [0.717, 1.165) is 16.5 Å². The Morgan fingerprint density at radius 3 is 2.27 bits per heavy atom. The maximum atomic E-state index is 13.6. The van der Waals surface area contributed by atoms with Crippen molar-refractivity contribution in [1.82, 2.24) is 4.98 Å². The number of anilines is 1. The molecule has 2 amide bonds. The number of halogens is 1. The van der Waals surface area contributed by atoms with Crippen LogP contribution in [0.25, 0.3) is 22.2 Å². The highest BCUT2D eigenvalue weighted by atomic mass is 79.9. The van der Waals surface area contributed by atoms with E-state index in [9.17, 15) is 24.3 Å². The molecule has 3 fully saturated rings. The number of allylic oxidation sites excluding steroid dienone is 2. The van der Waals surface area contributed by atoms with E-state index < -0.39 is 18.4 Å². The van der Waals surface area contributed by atoms with Crippen molar-refractivity contribution in [2.75, 3.05) is 11.5 Å². The lowest BCUT2D eigenvalue weighted by molar-refractivity contribution is -0.124. The Morgan fingerprint density at radius 1 is 0.933 bits per heavy atom. The Kier molecular flexibility index (Phi) is 6.32. The highest BCUT2D eigenvalue weighted by Gasteiger charge is 2.67. The van der Waals surface area contributed by atoms with Gasteiger partial charge in [0.1, 0.15) is 5.75 Å². The monoisotopic (exact) mass is 662 g/mol. The van der Waals surface area contributed by atoms with Crippen LogP contribution < -0.4 is 4.90 Å². The predicted octanol–water partition coefficient (Wildman–Crippen LogP) is 6.28. The van der Waals surface area contributed by atoms with Crippen molar-refractivity contribution in [3.05, 3.63) is 100 Å². The molecule has 4 aromatic rings. The topological polar surface area (TPSA) is 114 Å². The molecule has 8 nitrogen and oxygen atoms in total. The van der Waals surface area contributed by atoms with Gasteiger partial charge in [-0.1, -0.05) is 52.3 Å². The highest BCUT2D eigenvalue weighted by molar-refractivity contribution is 9.10. The van der Waals surface area contributed by atoms with Crippen LogP contribution in [0, 0.1) is 42.4 Å². The Morgan fingerprint density at radius 2 is 1.60 bits per heavy atom. The van der Waals surface area contributed by atoms with E-state index in [1.54, 1.807) is 48.5 Å². The first-order chi connectivity index (χ1) is 21.7. The quantitative estimate of drug-likeness (QED) is 0.112. The fraction of sp³-hybridized carbons (Fsp3) is 0.250. The van der Waals surface area contributed by atoms with Crippen LogP contribution >= 0.6 is 15.9 Å². The van der Waals surface area contributed by atoms with Gasteiger partial charge in [0.15, 0.2) is 6.61 Å². The van der Waals surface area contributed by atoms with Gasteiger partial charge < -0.3 is 9.84 Å². The van der Waals surface area contributed by atoms with E-state index in [-0.39, 0.29) is 52.4 Å². The Labute approximate surface area is 266 Å². The van der Waals surface area contributed by atoms with Crippen molar-refractivity contribution >= 4 is 56.1 Å². The largest absolute Gasteiger partial charge is 0.507 e. The summed E-state index contributed by atoms with van der Waals surface area (Å²) >= 11 is 3.49. The van der Waals surface area contributed by atoms with E-state index in [4.69, 9.17) is 9.72 Å². The summed E-state index contributed by atoms with van der Waals surface area (Å²) < 4.78 is 6.19. The van der Waals surface area contributed by atoms with E-state index in [1.165, 1.54) is 17.0 Å². The van der Waals surface area contributed by atoms with Crippen molar-refractivity contribution < 1.29 is 29.0 Å². The molecule has 6 atom stereocenters. The second kappa shape index (κ2) is 10.2. The normalized spacial score (nSPS) is 25.8. The van der Waals surface area contributed by atoms with Gasteiger partial charge in [0.05, 0.1) is 39.9 Å². The van der Waals surface area contributed by atoms with Gasteiger partial charge in [-0.15, -0.1) is 0 Å². The number of carbonyl (C=O) groups is 4. The van der Waals surface area contributed by atoms with Crippen molar-refractivity contribution in [2.45, 2.75) is 13.3 Å². The second-order valence-corrected chi connectivity index (χ2v) is 13.3. The summed E-state index contributed by atoms with van der Waals surface area (Å²) in [5.41, 5.74) is 3.42. The number of benzene rings is 3. The number of phenolic OH excluding ortho intramolecular Hbond substituents is 1. The molecule has 0 radical (unpaired) electrons. The van der Waals surface area contributed by atoms with Crippen molar-refractivity contribution in [3.8, 4) is 17.0 Å². The fourth-order valence-electron chi connectivity index (χ4n) is 7.76. The summed E-state index contributed by atoms with van der Waals surface area (Å²) in [7, 11) is 0. The number of nitrogens with zero attached hydrogens (tertiary/aromatic N) is 2. The zero-order chi connectivity index (χ0) is 31.1. The highest BCUT2D eigenvalue weighted by Crippen LogP contribution is 2.65. The number of phenols is 1. The molecule has 9 rings (SSSR count). The standard InChI is InChI=1S/C36H27BrN2O6/c1-17-12-19(37)13-26-27(36(44)45-16-30(41)23-4-2-3-5-29(23)40)15-28(38-33(17)26)18-6-8-20(9-7-18)39-34(42)31-21-10-11-22(25-14-24(21)25)32(31)35(39)43/h2-13,15,21-22,24-25,31-32,40H,14,16H2,1H3. The number of aromatic hydroxyl groups is 1. The lowest BCUT2D eigenvalue weighted by Crippen LogP contribution is -2.40. The molecule has 0 spiro atoms. The summed E-state index contributed by atoms with van der Waals surface area (Å²) in [5.74, 6) is -0.815. The zero-order valence-corrected chi connectivity index (χ0v) is 25.7. The van der Waals surface area contributed by atoms with Crippen LogP contribution in [-0.2, 0) is 14.3 Å². The summed E-state index contributed by atoms with van der Waals surface area (Å²) in [4.78, 5) is 59.5. The first kappa shape index (κ1) is 27.9. The zero-order valence-electron chi connectivity index (χ0n) is 24.1. The van der Waals surface area contributed by atoms with Gasteiger partial charge in [-0.2, -0.15) is 0 Å². The third-order valence-electron chi connectivity index (χ3n) is 9.91. The molecule has 2 saturated carbocycles. The number of imide groups is 1. The Hall–Kier alpha value is -4.63. The average Bonchev–Trinajstić information content (AvgIpc) is 3.82. The average molecular weight is 664 g/mol. The number of rotatable bonds is 6. The number of fused-ring (bicyclic) bond motifs is 1. The molecule has 1 aliphatic heterocycles. The van der Waals surface area contributed by atoms with Gasteiger partial charge in [-0.25, -0.2) is 9.78 Å². The number of pyridine rings is 1. The minimum absolute atomic E-state index is 0.0687. The van der Waals surface area contributed by atoms with Crippen LogP contribution in [0.1, 0.15) is 32.7 Å². The second-order valence-electron chi connectivity index (χ2n) is 12.4. The SMILES string of the molecule is Cc1cc(Br)cc2c(C(=O)OCC(=O)c3ccccc3O)cc(-c3ccc(N4C(=O)C5C6C=CC(C7CC67)C5C4=O)cc3)nc12. The number of para-hydroxylation sites is 1. The smallest absolute Gasteiger partial charge is 0.339 e. The van der Waals surface area contributed by atoms with E-state index in [2.05, 4.69) is 28.1 Å². The molecular formula is C36H27BrN2O6. The molecule has 2 heterocycles. The molecular weight excluding hydrogens is 636 g/mol. The van der Waals surface area contributed by atoms with Crippen LogP contribution in [0.5, 0.6) is 5.75 Å². The number of hydrogen-bond donors (Lipinski definition) is 1.